The molecule has 1 aromatic rings. The second kappa shape index (κ2) is 7.93. The maximum absolute atomic E-state index is 4.35. The number of thiophene rings is 1. The molecule has 1 aliphatic rings. The minimum absolute atomic E-state index is 0.524. The van der Waals surface area contributed by atoms with Crippen molar-refractivity contribution in [3.8, 4) is 0 Å². The van der Waals surface area contributed by atoms with Crippen LogP contribution >= 0.6 is 23.1 Å². The summed E-state index contributed by atoms with van der Waals surface area (Å²) < 4.78 is 0. The van der Waals surface area contributed by atoms with E-state index < -0.39 is 0 Å². The second-order valence-corrected chi connectivity index (χ2v) is 7.50. The van der Waals surface area contributed by atoms with Gasteiger partial charge >= 0.3 is 0 Å². The zero-order valence-corrected chi connectivity index (χ0v) is 14.2. The molecule has 0 saturated heterocycles. The maximum atomic E-state index is 4.35. The van der Waals surface area contributed by atoms with Gasteiger partial charge in [0.05, 0.1) is 0 Å². The Labute approximate surface area is 130 Å². The Morgan fingerprint density at radius 2 is 2.40 bits per heavy atom. The van der Waals surface area contributed by atoms with Gasteiger partial charge in [-0.3, -0.25) is 4.99 Å². The number of rotatable bonds is 5. The number of thioether (sulfide) groups is 1. The van der Waals surface area contributed by atoms with Crippen molar-refractivity contribution in [2.24, 2.45) is 4.99 Å². The number of nitrogens with zero attached hydrogens (tertiary/aromatic N) is 1. The summed E-state index contributed by atoms with van der Waals surface area (Å²) in [7, 11) is 1.85. The molecule has 3 atom stereocenters. The van der Waals surface area contributed by atoms with Crippen LogP contribution in [0.5, 0.6) is 0 Å². The van der Waals surface area contributed by atoms with Crippen molar-refractivity contribution < 1.29 is 0 Å². The van der Waals surface area contributed by atoms with E-state index in [2.05, 4.69) is 46.3 Å². The molecule has 2 rings (SSSR count). The highest BCUT2D eigenvalue weighted by molar-refractivity contribution is 7.99. The molecule has 1 heterocycles. The van der Waals surface area contributed by atoms with E-state index in [0.29, 0.717) is 12.0 Å². The number of hydrogen-bond acceptors (Lipinski definition) is 3. The summed E-state index contributed by atoms with van der Waals surface area (Å²) in [5, 5.41) is 9.97. The Morgan fingerprint density at radius 1 is 1.55 bits per heavy atom. The van der Waals surface area contributed by atoms with Crippen LogP contribution in [0, 0.1) is 0 Å². The Balaban J connectivity index is 1.76. The third-order valence-corrected chi connectivity index (χ3v) is 6.09. The second-order valence-electron chi connectivity index (χ2n) is 5.38. The zero-order valence-electron chi connectivity index (χ0n) is 12.6. The molecule has 0 amide bonds. The van der Waals surface area contributed by atoms with Crippen LogP contribution in [0.1, 0.15) is 37.0 Å². The van der Waals surface area contributed by atoms with Crippen molar-refractivity contribution >= 4 is 29.1 Å². The SMILES string of the molecule is CN=C(NCC(C)c1cccs1)NC1CCC(SC)C1. The van der Waals surface area contributed by atoms with E-state index >= 15 is 0 Å². The van der Waals surface area contributed by atoms with Gasteiger partial charge in [0.15, 0.2) is 5.96 Å². The van der Waals surface area contributed by atoms with Crippen LogP contribution in [0.3, 0.4) is 0 Å². The first kappa shape index (κ1) is 15.7. The molecule has 1 saturated carbocycles. The lowest BCUT2D eigenvalue weighted by Gasteiger charge is -2.19. The van der Waals surface area contributed by atoms with Crippen molar-refractivity contribution in [2.75, 3.05) is 19.8 Å². The molecule has 3 nitrogen and oxygen atoms in total. The first-order valence-electron chi connectivity index (χ1n) is 7.26. The van der Waals surface area contributed by atoms with Gasteiger partial charge in [0.1, 0.15) is 0 Å². The van der Waals surface area contributed by atoms with Crippen LogP contribution in [0.4, 0.5) is 0 Å². The van der Waals surface area contributed by atoms with E-state index in [-0.39, 0.29) is 0 Å². The number of nitrogens with one attached hydrogen (secondary N) is 2. The summed E-state index contributed by atoms with van der Waals surface area (Å²) in [6.07, 6.45) is 6.04. The Bertz CT molecular complexity index is 417. The molecular formula is C15H25N3S2. The summed E-state index contributed by atoms with van der Waals surface area (Å²) in [6.45, 7) is 3.18. The minimum Gasteiger partial charge on any atom is -0.356 e. The van der Waals surface area contributed by atoms with Gasteiger partial charge in [-0.25, -0.2) is 0 Å². The van der Waals surface area contributed by atoms with Gasteiger partial charge in [-0.05, 0) is 37.0 Å². The summed E-state index contributed by atoms with van der Waals surface area (Å²) in [4.78, 5) is 5.77. The first-order valence-corrected chi connectivity index (χ1v) is 9.43. The Hall–Kier alpha value is -0.680. The minimum atomic E-state index is 0.524. The van der Waals surface area contributed by atoms with Crippen molar-refractivity contribution in [1.29, 1.82) is 0 Å². The summed E-state index contributed by atoms with van der Waals surface area (Å²) in [5.74, 6) is 1.47. The quantitative estimate of drug-likeness (QED) is 0.647. The molecule has 0 radical (unpaired) electrons. The van der Waals surface area contributed by atoms with Gasteiger partial charge in [-0.1, -0.05) is 13.0 Å². The van der Waals surface area contributed by atoms with Gasteiger partial charge in [-0.15, -0.1) is 11.3 Å². The van der Waals surface area contributed by atoms with E-state index in [1.54, 1.807) is 0 Å². The lowest BCUT2D eigenvalue weighted by molar-refractivity contribution is 0.607. The van der Waals surface area contributed by atoms with Crippen LogP contribution in [-0.4, -0.2) is 37.1 Å². The topological polar surface area (TPSA) is 36.4 Å². The van der Waals surface area contributed by atoms with Crippen LogP contribution in [0.25, 0.3) is 0 Å². The fourth-order valence-corrected chi connectivity index (χ4v) is 4.18. The van der Waals surface area contributed by atoms with E-state index in [1.807, 2.05) is 30.1 Å². The molecule has 0 spiro atoms. The maximum Gasteiger partial charge on any atom is 0.191 e. The lowest BCUT2D eigenvalue weighted by Crippen LogP contribution is -2.43. The number of aliphatic imine (C=N–C) groups is 1. The molecule has 1 aliphatic carbocycles. The normalized spacial score (nSPS) is 24.6. The van der Waals surface area contributed by atoms with Gasteiger partial charge in [0.25, 0.3) is 0 Å². The van der Waals surface area contributed by atoms with Gasteiger partial charge < -0.3 is 10.6 Å². The van der Waals surface area contributed by atoms with Crippen molar-refractivity contribution in [3.05, 3.63) is 22.4 Å². The Morgan fingerprint density at radius 3 is 3.00 bits per heavy atom. The van der Waals surface area contributed by atoms with E-state index in [0.717, 1.165) is 17.8 Å². The van der Waals surface area contributed by atoms with Crippen LogP contribution in [0.2, 0.25) is 0 Å². The molecule has 112 valence electrons. The highest BCUT2D eigenvalue weighted by Gasteiger charge is 2.24. The van der Waals surface area contributed by atoms with Crippen LogP contribution in [0.15, 0.2) is 22.5 Å². The molecule has 0 aliphatic heterocycles. The molecule has 5 heteroatoms. The standard InChI is InChI=1S/C15H25N3S2/c1-11(14-5-4-8-20-14)10-17-15(16-2)18-12-6-7-13(9-12)19-3/h4-5,8,11-13H,6-7,9-10H2,1-3H3,(H2,16,17,18). The molecule has 3 unspecified atom stereocenters. The summed E-state index contributed by atoms with van der Waals surface area (Å²) in [5.41, 5.74) is 0. The van der Waals surface area contributed by atoms with Crippen LogP contribution < -0.4 is 10.6 Å². The first-order chi connectivity index (χ1) is 9.72. The smallest absolute Gasteiger partial charge is 0.191 e. The van der Waals surface area contributed by atoms with E-state index in [4.69, 9.17) is 0 Å². The fraction of sp³-hybridized carbons (Fsp3) is 0.667. The van der Waals surface area contributed by atoms with Gasteiger partial charge in [0.2, 0.25) is 0 Å². The lowest BCUT2D eigenvalue weighted by atomic mass is 10.1. The summed E-state index contributed by atoms with van der Waals surface area (Å²) in [6, 6.07) is 4.90. The van der Waals surface area contributed by atoms with E-state index in [9.17, 15) is 0 Å². The largest absolute Gasteiger partial charge is 0.356 e. The van der Waals surface area contributed by atoms with Crippen molar-refractivity contribution in [1.82, 2.24) is 10.6 Å². The van der Waals surface area contributed by atoms with Crippen molar-refractivity contribution in [2.45, 2.75) is 43.4 Å². The third kappa shape index (κ3) is 4.42. The molecule has 0 bridgehead atoms. The number of hydrogen-bond donors (Lipinski definition) is 2. The molecule has 2 N–H and O–H groups in total. The molecule has 0 aromatic carbocycles. The molecular weight excluding hydrogens is 286 g/mol. The fourth-order valence-electron chi connectivity index (χ4n) is 2.60. The highest BCUT2D eigenvalue weighted by atomic mass is 32.2. The molecule has 1 fully saturated rings. The molecule has 20 heavy (non-hydrogen) atoms. The summed E-state index contributed by atoms with van der Waals surface area (Å²) >= 11 is 3.81. The predicted octanol–water partition coefficient (Wildman–Crippen LogP) is 3.30. The highest BCUT2D eigenvalue weighted by Crippen LogP contribution is 2.28. The van der Waals surface area contributed by atoms with Gasteiger partial charge in [-0.2, -0.15) is 11.8 Å². The van der Waals surface area contributed by atoms with Gasteiger partial charge in [0, 0.05) is 35.7 Å². The van der Waals surface area contributed by atoms with Crippen molar-refractivity contribution in [3.63, 3.8) is 0 Å². The Kier molecular flexibility index (Phi) is 6.23. The zero-order chi connectivity index (χ0) is 14.4. The number of guanidine groups is 1. The monoisotopic (exact) mass is 311 g/mol. The molecule has 1 aromatic heterocycles. The van der Waals surface area contributed by atoms with Crippen LogP contribution in [-0.2, 0) is 0 Å². The van der Waals surface area contributed by atoms with E-state index in [1.165, 1.54) is 24.1 Å². The average molecular weight is 312 g/mol. The third-order valence-electron chi connectivity index (χ3n) is 3.89. The predicted molar refractivity (Wildman–Crippen MR) is 92.2 cm³/mol. The average Bonchev–Trinajstić information content (AvgIpc) is 3.13.